The molecule has 186 valence electrons. The number of aliphatic carboxylic acids is 1. The lowest BCUT2D eigenvalue weighted by Crippen LogP contribution is -2.46. The fraction of sp³-hybridized carbons (Fsp3) is 0.966. The van der Waals surface area contributed by atoms with Crippen molar-refractivity contribution in [1.82, 2.24) is 4.90 Å². The summed E-state index contributed by atoms with van der Waals surface area (Å²) in [6.07, 6.45) is 26.5. The summed E-state index contributed by atoms with van der Waals surface area (Å²) in [7, 11) is 0. The summed E-state index contributed by atoms with van der Waals surface area (Å²) in [5.74, 6) is 2.46. The first kappa shape index (κ1) is 26.0. The lowest BCUT2D eigenvalue weighted by atomic mass is 9.73. The molecule has 3 saturated carbocycles. The van der Waals surface area contributed by atoms with Crippen molar-refractivity contribution in [2.24, 2.45) is 23.7 Å². The van der Waals surface area contributed by atoms with Gasteiger partial charge in [-0.25, -0.2) is 0 Å². The van der Waals surface area contributed by atoms with E-state index in [1.54, 1.807) is 0 Å². The molecule has 3 atom stereocenters. The molecule has 0 saturated heterocycles. The topological polar surface area (TPSA) is 40.5 Å². The summed E-state index contributed by atoms with van der Waals surface area (Å²) < 4.78 is 0. The number of carboxylic acid groups (broad SMARTS) is 1. The number of hydrogen-bond acceptors (Lipinski definition) is 2. The van der Waals surface area contributed by atoms with E-state index in [1.807, 2.05) is 0 Å². The van der Waals surface area contributed by atoms with Crippen molar-refractivity contribution in [3.63, 3.8) is 0 Å². The number of unbranched alkanes of at least 4 members (excludes halogenated alkanes) is 2. The molecule has 32 heavy (non-hydrogen) atoms. The second-order valence-corrected chi connectivity index (χ2v) is 11.7. The van der Waals surface area contributed by atoms with Crippen LogP contribution in [-0.4, -0.2) is 35.1 Å². The van der Waals surface area contributed by atoms with Gasteiger partial charge >= 0.3 is 5.97 Å². The predicted molar refractivity (Wildman–Crippen MR) is 135 cm³/mol. The van der Waals surface area contributed by atoms with E-state index in [0.29, 0.717) is 18.4 Å². The predicted octanol–water partition coefficient (Wildman–Crippen LogP) is 8.07. The van der Waals surface area contributed by atoms with E-state index in [2.05, 4.69) is 11.8 Å². The van der Waals surface area contributed by atoms with Crippen LogP contribution in [0.1, 0.15) is 135 Å². The van der Waals surface area contributed by atoms with Crippen LogP contribution in [-0.2, 0) is 4.79 Å². The molecule has 0 aromatic rings. The van der Waals surface area contributed by atoms with E-state index in [0.717, 1.165) is 30.6 Å². The maximum atomic E-state index is 11.4. The monoisotopic (exact) mass is 447 g/mol. The van der Waals surface area contributed by atoms with E-state index in [-0.39, 0.29) is 0 Å². The molecule has 0 aromatic carbocycles. The highest BCUT2D eigenvalue weighted by molar-refractivity contribution is 5.67. The molecule has 0 amide bonds. The quantitative estimate of drug-likeness (QED) is 0.290. The Kier molecular flexibility index (Phi) is 11.9. The largest absolute Gasteiger partial charge is 0.481 e. The van der Waals surface area contributed by atoms with Crippen molar-refractivity contribution in [3.05, 3.63) is 0 Å². The second-order valence-electron chi connectivity index (χ2n) is 11.7. The molecule has 0 radical (unpaired) electrons. The Hall–Kier alpha value is -0.570. The SMILES string of the molecule is CCCCC[C@@H]1C[C@H](CC(=O)O)CC[C@H]1N(CCC1CCCCC1)CCC1CCCCC1. The average molecular weight is 448 g/mol. The summed E-state index contributed by atoms with van der Waals surface area (Å²) >= 11 is 0. The number of rotatable bonds is 13. The van der Waals surface area contributed by atoms with Crippen LogP contribution in [0.5, 0.6) is 0 Å². The minimum atomic E-state index is -0.591. The van der Waals surface area contributed by atoms with Gasteiger partial charge in [0.2, 0.25) is 0 Å². The average Bonchev–Trinajstić information content (AvgIpc) is 2.81. The van der Waals surface area contributed by atoms with Gasteiger partial charge in [-0.1, -0.05) is 90.4 Å². The Morgan fingerprint density at radius 1 is 0.750 bits per heavy atom. The summed E-state index contributed by atoms with van der Waals surface area (Å²) in [5.41, 5.74) is 0. The zero-order chi connectivity index (χ0) is 22.6. The van der Waals surface area contributed by atoms with Crippen LogP contribution in [0, 0.1) is 23.7 Å². The van der Waals surface area contributed by atoms with E-state index < -0.39 is 5.97 Å². The van der Waals surface area contributed by atoms with Crippen LogP contribution in [0.3, 0.4) is 0 Å². The van der Waals surface area contributed by atoms with Crippen LogP contribution in [0.15, 0.2) is 0 Å². The van der Waals surface area contributed by atoms with Crippen molar-refractivity contribution in [3.8, 4) is 0 Å². The number of hydrogen-bond donors (Lipinski definition) is 1. The van der Waals surface area contributed by atoms with Crippen LogP contribution < -0.4 is 0 Å². The molecule has 0 bridgehead atoms. The van der Waals surface area contributed by atoms with Crippen molar-refractivity contribution in [2.45, 2.75) is 141 Å². The first-order valence-electron chi connectivity index (χ1n) is 14.6. The van der Waals surface area contributed by atoms with Gasteiger partial charge in [-0.05, 0) is 75.3 Å². The number of carboxylic acids is 1. The molecule has 0 spiro atoms. The van der Waals surface area contributed by atoms with Gasteiger partial charge in [0.05, 0.1) is 0 Å². The highest BCUT2D eigenvalue weighted by Crippen LogP contribution is 2.38. The van der Waals surface area contributed by atoms with Crippen LogP contribution in [0.25, 0.3) is 0 Å². The summed E-state index contributed by atoms with van der Waals surface area (Å²) in [6, 6.07) is 0.712. The highest BCUT2D eigenvalue weighted by Gasteiger charge is 2.35. The van der Waals surface area contributed by atoms with Crippen LogP contribution in [0.2, 0.25) is 0 Å². The van der Waals surface area contributed by atoms with Gasteiger partial charge in [0.15, 0.2) is 0 Å². The molecule has 0 unspecified atom stereocenters. The minimum Gasteiger partial charge on any atom is -0.481 e. The fourth-order valence-electron chi connectivity index (χ4n) is 7.32. The summed E-state index contributed by atoms with van der Waals surface area (Å²) in [4.78, 5) is 14.3. The molecule has 3 aliphatic carbocycles. The fourth-order valence-corrected chi connectivity index (χ4v) is 7.32. The van der Waals surface area contributed by atoms with E-state index in [9.17, 15) is 9.90 Å². The Labute approximate surface area is 199 Å². The molecular weight excluding hydrogens is 394 g/mol. The van der Waals surface area contributed by atoms with E-state index >= 15 is 0 Å². The van der Waals surface area contributed by atoms with Crippen LogP contribution in [0.4, 0.5) is 0 Å². The summed E-state index contributed by atoms with van der Waals surface area (Å²) in [6.45, 7) is 4.90. The standard InChI is InChI=1S/C29H53NO2/c1-2-3-6-15-27-22-26(23-29(31)32)16-17-28(27)30(20-18-24-11-7-4-8-12-24)21-19-25-13-9-5-10-14-25/h24-28H,2-23H2,1H3,(H,31,32)/t26-,27-,28-/m1/s1. The van der Waals surface area contributed by atoms with Gasteiger partial charge < -0.3 is 10.0 Å². The normalized spacial score (nSPS) is 28.2. The molecule has 1 N–H and O–H groups in total. The molecular formula is C29H53NO2. The molecule has 3 aliphatic rings. The molecule has 3 nitrogen and oxygen atoms in total. The zero-order valence-corrected chi connectivity index (χ0v) is 21.2. The van der Waals surface area contributed by atoms with Crippen molar-refractivity contribution < 1.29 is 9.90 Å². The smallest absolute Gasteiger partial charge is 0.303 e. The maximum absolute atomic E-state index is 11.4. The Bertz CT molecular complexity index is 487. The zero-order valence-electron chi connectivity index (χ0n) is 21.2. The van der Waals surface area contributed by atoms with Crippen molar-refractivity contribution >= 4 is 5.97 Å². The van der Waals surface area contributed by atoms with Gasteiger partial charge in [0, 0.05) is 12.5 Å². The molecule has 0 heterocycles. The third-order valence-corrected chi connectivity index (χ3v) is 9.26. The lowest BCUT2D eigenvalue weighted by molar-refractivity contribution is -0.138. The van der Waals surface area contributed by atoms with Crippen molar-refractivity contribution in [1.29, 1.82) is 0 Å². The molecule has 3 fully saturated rings. The van der Waals surface area contributed by atoms with Gasteiger partial charge in [-0.15, -0.1) is 0 Å². The van der Waals surface area contributed by atoms with Gasteiger partial charge in [0.1, 0.15) is 0 Å². The Morgan fingerprint density at radius 3 is 1.88 bits per heavy atom. The van der Waals surface area contributed by atoms with Crippen LogP contribution >= 0.6 is 0 Å². The van der Waals surface area contributed by atoms with Crippen molar-refractivity contribution in [2.75, 3.05) is 13.1 Å². The van der Waals surface area contributed by atoms with Gasteiger partial charge in [0.25, 0.3) is 0 Å². The van der Waals surface area contributed by atoms with Gasteiger partial charge in [-0.3, -0.25) is 4.79 Å². The highest BCUT2D eigenvalue weighted by atomic mass is 16.4. The summed E-state index contributed by atoms with van der Waals surface area (Å²) in [5, 5.41) is 9.39. The third kappa shape index (κ3) is 8.99. The molecule has 0 aliphatic heterocycles. The van der Waals surface area contributed by atoms with E-state index in [4.69, 9.17) is 0 Å². The Balaban J connectivity index is 1.62. The molecule has 0 aromatic heterocycles. The maximum Gasteiger partial charge on any atom is 0.303 e. The minimum absolute atomic E-state index is 0.390. The first-order valence-corrected chi connectivity index (χ1v) is 14.6. The second kappa shape index (κ2) is 14.6. The Morgan fingerprint density at radius 2 is 1.34 bits per heavy atom. The third-order valence-electron chi connectivity index (χ3n) is 9.26. The van der Waals surface area contributed by atoms with Gasteiger partial charge in [-0.2, -0.15) is 0 Å². The number of carbonyl (C=O) groups is 1. The number of nitrogens with zero attached hydrogens (tertiary/aromatic N) is 1. The first-order chi connectivity index (χ1) is 15.7. The molecule has 3 rings (SSSR count). The van der Waals surface area contributed by atoms with E-state index in [1.165, 1.54) is 122 Å². The molecule has 3 heteroatoms. The lowest BCUT2D eigenvalue weighted by Gasteiger charge is -2.44.